The molecule has 0 saturated carbocycles. The molecule has 2 aliphatic rings. The van der Waals surface area contributed by atoms with Crippen LogP contribution in [0.2, 0.25) is 0 Å². The molecule has 3 heterocycles. The fourth-order valence-electron chi connectivity index (χ4n) is 3.23. The van der Waals surface area contributed by atoms with Crippen molar-refractivity contribution in [3.63, 3.8) is 0 Å². The second-order valence-electron chi connectivity index (χ2n) is 6.92. The largest absolute Gasteiger partial charge is 0.490 e. The van der Waals surface area contributed by atoms with Crippen LogP contribution in [0, 0.1) is 5.92 Å². The summed E-state index contributed by atoms with van der Waals surface area (Å²) >= 11 is 0. The average molecular weight is 418 g/mol. The Labute approximate surface area is 166 Å². The lowest BCUT2D eigenvalue weighted by Crippen LogP contribution is -2.47. The van der Waals surface area contributed by atoms with Gasteiger partial charge >= 0.3 is 12.1 Å². The van der Waals surface area contributed by atoms with Crippen molar-refractivity contribution in [1.82, 2.24) is 20.4 Å². The molecule has 0 bridgehead atoms. The number of aliphatic carboxylic acids is 1. The van der Waals surface area contributed by atoms with Crippen LogP contribution in [0.1, 0.15) is 23.3 Å². The van der Waals surface area contributed by atoms with Crippen molar-refractivity contribution in [1.29, 1.82) is 0 Å². The Morgan fingerprint density at radius 1 is 1.14 bits per heavy atom. The number of nitrogens with two attached hydrogens (primary N) is 1. The molecule has 9 nitrogen and oxygen atoms in total. The van der Waals surface area contributed by atoms with Crippen LogP contribution in [0.5, 0.6) is 0 Å². The molecule has 2 aliphatic heterocycles. The van der Waals surface area contributed by atoms with Crippen LogP contribution in [0.25, 0.3) is 0 Å². The molecule has 29 heavy (non-hydrogen) atoms. The van der Waals surface area contributed by atoms with Crippen LogP contribution in [0.3, 0.4) is 0 Å². The van der Waals surface area contributed by atoms with Crippen LogP contribution in [-0.4, -0.2) is 84.1 Å². The highest BCUT2D eigenvalue weighted by Gasteiger charge is 2.38. The van der Waals surface area contributed by atoms with Gasteiger partial charge in [0.2, 0.25) is 0 Å². The predicted molar refractivity (Wildman–Crippen MR) is 98.5 cm³/mol. The van der Waals surface area contributed by atoms with Crippen molar-refractivity contribution in [2.75, 3.05) is 50.7 Å². The molecule has 0 aliphatic carbocycles. The zero-order valence-corrected chi connectivity index (χ0v) is 15.9. The summed E-state index contributed by atoms with van der Waals surface area (Å²) in [6, 6.07) is 3.49. The van der Waals surface area contributed by atoms with E-state index in [1.807, 2.05) is 6.07 Å². The number of carbonyl (C=O) groups is 2. The van der Waals surface area contributed by atoms with Crippen LogP contribution in [-0.2, 0) is 4.79 Å². The number of piperazine rings is 1. The number of hydrogen-bond acceptors (Lipinski definition) is 7. The van der Waals surface area contributed by atoms with E-state index in [0.717, 1.165) is 37.9 Å². The SMILES string of the molecule is NC(=O)c1ccc(N2CCC(CN3CCNCC3)CC2)nn1.O=C(O)C(F)(F)F. The van der Waals surface area contributed by atoms with Gasteiger partial charge in [-0.1, -0.05) is 0 Å². The molecule has 3 rings (SSSR count). The van der Waals surface area contributed by atoms with Crippen LogP contribution < -0.4 is 16.0 Å². The molecule has 1 aromatic heterocycles. The third-order valence-corrected chi connectivity index (χ3v) is 4.81. The standard InChI is InChI=1S/C15H24N6O.C2HF3O2/c16-15(22)13-1-2-14(19-18-13)21-7-3-12(4-8-21)11-20-9-5-17-6-10-20;3-2(4,5)1(6)7/h1-2,12,17H,3-11H2,(H2,16,22);(H,6,7). The summed E-state index contributed by atoms with van der Waals surface area (Å²) in [5, 5.41) is 18.5. The first kappa shape index (κ1) is 22.8. The quantitative estimate of drug-likeness (QED) is 0.639. The number of amides is 1. The zero-order valence-electron chi connectivity index (χ0n) is 15.9. The number of carbonyl (C=O) groups excluding carboxylic acids is 1. The molecule has 4 N–H and O–H groups in total. The van der Waals surface area contributed by atoms with Gasteiger partial charge in [0.05, 0.1) is 0 Å². The van der Waals surface area contributed by atoms with E-state index in [1.165, 1.54) is 32.5 Å². The lowest BCUT2D eigenvalue weighted by Gasteiger charge is -2.36. The third kappa shape index (κ3) is 7.46. The number of carboxylic acids is 1. The highest BCUT2D eigenvalue weighted by atomic mass is 19.4. The lowest BCUT2D eigenvalue weighted by molar-refractivity contribution is -0.192. The highest BCUT2D eigenvalue weighted by molar-refractivity contribution is 5.90. The van der Waals surface area contributed by atoms with E-state index in [9.17, 15) is 18.0 Å². The van der Waals surface area contributed by atoms with E-state index >= 15 is 0 Å². The van der Waals surface area contributed by atoms with Crippen LogP contribution in [0.15, 0.2) is 12.1 Å². The topological polar surface area (TPSA) is 125 Å². The number of nitrogens with one attached hydrogen (secondary N) is 1. The molecule has 0 spiro atoms. The Morgan fingerprint density at radius 2 is 1.72 bits per heavy atom. The Bertz CT molecular complexity index is 672. The van der Waals surface area contributed by atoms with Gasteiger partial charge in [0.15, 0.2) is 11.5 Å². The number of piperidine rings is 1. The van der Waals surface area contributed by atoms with Gasteiger partial charge in [-0.25, -0.2) is 4.79 Å². The minimum Gasteiger partial charge on any atom is -0.475 e. The van der Waals surface area contributed by atoms with Gasteiger partial charge in [0.25, 0.3) is 5.91 Å². The molecule has 2 fully saturated rings. The molecule has 0 radical (unpaired) electrons. The van der Waals surface area contributed by atoms with Gasteiger partial charge in [-0.3, -0.25) is 4.79 Å². The second kappa shape index (κ2) is 10.3. The van der Waals surface area contributed by atoms with Crippen LogP contribution >= 0.6 is 0 Å². The minimum atomic E-state index is -5.08. The first-order chi connectivity index (χ1) is 13.7. The molecular formula is C17H25F3N6O3. The maximum Gasteiger partial charge on any atom is 0.490 e. The first-order valence-electron chi connectivity index (χ1n) is 9.28. The van der Waals surface area contributed by atoms with Gasteiger partial charge in [-0.2, -0.15) is 13.2 Å². The van der Waals surface area contributed by atoms with E-state index in [4.69, 9.17) is 15.6 Å². The summed E-state index contributed by atoms with van der Waals surface area (Å²) in [5.41, 5.74) is 5.40. The number of nitrogens with zero attached hydrogens (tertiary/aromatic N) is 4. The number of rotatable bonds is 4. The van der Waals surface area contributed by atoms with Crippen molar-refractivity contribution in [3.8, 4) is 0 Å². The Kier molecular flexibility index (Phi) is 8.14. The molecule has 162 valence electrons. The molecule has 1 amide bonds. The summed E-state index contributed by atoms with van der Waals surface area (Å²) in [5.74, 6) is -1.68. The molecule has 1 aromatic rings. The number of primary amides is 1. The maximum atomic E-state index is 11.0. The number of halogens is 3. The fraction of sp³-hybridized carbons (Fsp3) is 0.647. The van der Waals surface area contributed by atoms with E-state index in [-0.39, 0.29) is 5.69 Å². The van der Waals surface area contributed by atoms with E-state index in [0.29, 0.717) is 0 Å². The normalized spacial score (nSPS) is 18.7. The second-order valence-corrected chi connectivity index (χ2v) is 6.92. The molecule has 0 atom stereocenters. The van der Waals surface area contributed by atoms with Gasteiger partial charge < -0.3 is 26.0 Å². The first-order valence-corrected chi connectivity index (χ1v) is 9.28. The van der Waals surface area contributed by atoms with E-state index in [1.54, 1.807) is 6.07 Å². The number of carboxylic acid groups (broad SMARTS) is 1. The average Bonchev–Trinajstić information content (AvgIpc) is 2.69. The molecule has 2 saturated heterocycles. The Hall–Kier alpha value is -2.47. The molecule has 0 aromatic carbocycles. The zero-order chi connectivity index (χ0) is 21.4. The van der Waals surface area contributed by atoms with Crippen molar-refractivity contribution >= 4 is 17.7 Å². The highest BCUT2D eigenvalue weighted by Crippen LogP contribution is 2.22. The van der Waals surface area contributed by atoms with Crippen molar-refractivity contribution in [3.05, 3.63) is 17.8 Å². The summed E-state index contributed by atoms with van der Waals surface area (Å²) < 4.78 is 31.7. The third-order valence-electron chi connectivity index (χ3n) is 4.81. The van der Waals surface area contributed by atoms with E-state index in [2.05, 4.69) is 25.3 Å². The summed E-state index contributed by atoms with van der Waals surface area (Å²) in [6.45, 7) is 7.77. The summed E-state index contributed by atoms with van der Waals surface area (Å²) in [7, 11) is 0. The van der Waals surface area contributed by atoms with Gasteiger partial charge in [0.1, 0.15) is 0 Å². The van der Waals surface area contributed by atoms with Crippen LogP contribution in [0.4, 0.5) is 19.0 Å². The van der Waals surface area contributed by atoms with Crippen molar-refractivity contribution < 1.29 is 27.9 Å². The number of aromatic nitrogens is 2. The molecule has 0 unspecified atom stereocenters. The predicted octanol–water partition coefficient (Wildman–Crippen LogP) is 0.330. The van der Waals surface area contributed by atoms with Gasteiger partial charge in [0, 0.05) is 45.8 Å². The maximum absolute atomic E-state index is 11.0. The Balaban J connectivity index is 0.000000370. The summed E-state index contributed by atoms with van der Waals surface area (Å²) in [6.07, 6.45) is -2.72. The van der Waals surface area contributed by atoms with E-state index < -0.39 is 18.1 Å². The van der Waals surface area contributed by atoms with Gasteiger partial charge in [-0.15, -0.1) is 10.2 Å². The molecule has 12 heteroatoms. The van der Waals surface area contributed by atoms with Gasteiger partial charge in [-0.05, 0) is 30.9 Å². The van der Waals surface area contributed by atoms with Crippen molar-refractivity contribution in [2.24, 2.45) is 11.7 Å². The summed E-state index contributed by atoms with van der Waals surface area (Å²) in [4.78, 5) is 24.7. The Morgan fingerprint density at radius 3 is 2.17 bits per heavy atom. The number of alkyl halides is 3. The minimum absolute atomic E-state index is 0.220. The number of anilines is 1. The molecular weight excluding hydrogens is 393 g/mol. The fourth-order valence-corrected chi connectivity index (χ4v) is 3.23. The van der Waals surface area contributed by atoms with Crippen molar-refractivity contribution in [2.45, 2.75) is 19.0 Å². The number of hydrogen-bond donors (Lipinski definition) is 3. The smallest absolute Gasteiger partial charge is 0.475 e. The monoisotopic (exact) mass is 418 g/mol. The lowest BCUT2D eigenvalue weighted by atomic mass is 9.96.